The molecule has 2 aromatic rings. The maximum absolute atomic E-state index is 11.8. The van der Waals surface area contributed by atoms with E-state index in [9.17, 15) is 4.79 Å². The molecule has 0 aliphatic rings. The third kappa shape index (κ3) is 2.51. The van der Waals surface area contributed by atoms with E-state index in [-0.39, 0.29) is 11.6 Å². The van der Waals surface area contributed by atoms with Crippen LogP contribution in [0.2, 0.25) is 0 Å². The molecule has 0 radical (unpaired) electrons. The molecule has 0 saturated heterocycles. The molecule has 0 unspecified atom stereocenters. The second-order valence-corrected chi connectivity index (χ2v) is 3.44. The summed E-state index contributed by atoms with van der Waals surface area (Å²) in [5.74, 6) is 0.197. The van der Waals surface area contributed by atoms with Gasteiger partial charge in [-0.25, -0.2) is 4.98 Å². The van der Waals surface area contributed by atoms with Crippen molar-refractivity contribution in [1.82, 2.24) is 10.3 Å². The lowest BCUT2D eigenvalue weighted by Crippen LogP contribution is -2.29. The molecule has 0 bridgehead atoms. The average Bonchev–Trinajstić information content (AvgIpc) is 2.86. The zero-order valence-electron chi connectivity index (χ0n) is 9.22. The van der Waals surface area contributed by atoms with Gasteiger partial charge in [0.25, 0.3) is 5.91 Å². The first-order valence-electron chi connectivity index (χ1n) is 5.30. The molecule has 0 fully saturated rings. The highest BCUT2D eigenvalue weighted by Crippen LogP contribution is 2.22. The number of benzene rings is 1. The van der Waals surface area contributed by atoms with E-state index in [2.05, 4.69) is 10.3 Å². The highest BCUT2D eigenvalue weighted by molar-refractivity contribution is 5.97. The maximum atomic E-state index is 11.8. The zero-order valence-corrected chi connectivity index (χ0v) is 9.22. The van der Waals surface area contributed by atoms with Crippen molar-refractivity contribution in [2.45, 2.75) is 0 Å². The van der Waals surface area contributed by atoms with Crippen LogP contribution in [0.4, 0.5) is 0 Å². The third-order valence-electron chi connectivity index (χ3n) is 2.25. The summed E-state index contributed by atoms with van der Waals surface area (Å²) in [5, 5.41) is 2.66. The number of nitrogens with one attached hydrogen (secondary N) is 1. The number of nitrogens with two attached hydrogens (primary N) is 1. The van der Waals surface area contributed by atoms with E-state index in [1.165, 1.54) is 6.39 Å². The number of hydrogen-bond donors (Lipinski definition) is 2. The molecule has 88 valence electrons. The van der Waals surface area contributed by atoms with Crippen LogP contribution in [0.25, 0.3) is 11.3 Å². The van der Waals surface area contributed by atoms with Crippen molar-refractivity contribution in [2.75, 3.05) is 13.1 Å². The highest BCUT2D eigenvalue weighted by Gasteiger charge is 2.17. The summed E-state index contributed by atoms with van der Waals surface area (Å²) >= 11 is 0. The molecule has 1 heterocycles. The minimum atomic E-state index is -0.275. The van der Waals surface area contributed by atoms with Crippen molar-refractivity contribution in [2.24, 2.45) is 5.73 Å². The monoisotopic (exact) mass is 231 g/mol. The Labute approximate surface area is 98.6 Å². The number of amides is 1. The van der Waals surface area contributed by atoms with Crippen LogP contribution in [-0.2, 0) is 0 Å². The smallest absolute Gasteiger partial charge is 0.273 e. The minimum absolute atomic E-state index is 0.275. The Hall–Kier alpha value is -2.14. The second-order valence-electron chi connectivity index (χ2n) is 3.44. The largest absolute Gasteiger partial charge is 0.443 e. The van der Waals surface area contributed by atoms with Crippen LogP contribution in [0.3, 0.4) is 0 Å². The van der Waals surface area contributed by atoms with Crippen molar-refractivity contribution >= 4 is 5.91 Å². The van der Waals surface area contributed by atoms with E-state index in [1.54, 1.807) is 0 Å². The van der Waals surface area contributed by atoms with Gasteiger partial charge in [-0.3, -0.25) is 4.79 Å². The van der Waals surface area contributed by atoms with Gasteiger partial charge in [0.05, 0.1) is 0 Å². The first kappa shape index (κ1) is 11.3. The van der Waals surface area contributed by atoms with E-state index in [4.69, 9.17) is 10.2 Å². The van der Waals surface area contributed by atoms with Crippen LogP contribution in [-0.4, -0.2) is 24.0 Å². The van der Waals surface area contributed by atoms with Crippen LogP contribution in [0.5, 0.6) is 0 Å². The maximum Gasteiger partial charge on any atom is 0.273 e. The van der Waals surface area contributed by atoms with E-state index in [1.807, 2.05) is 30.3 Å². The molecule has 2 rings (SSSR count). The van der Waals surface area contributed by atoms with E-state index in [0.29, 0.717) is 18.8 Å². The van der Waals surface area contributed by atoms with Crippen LogP contribution >= 0.6 is 0 Å². The van der Waals surface area contributed by atoms with E-state index in [0.717, 1.165) is 5.56 Å². The molecule has 0 aliphatic heterocycles. The molecule has 1 amide bonds. The fourth-order valence-corrected chi connectivity index (χ4v) is 1.47. The number of oxazole rings is 1. The summed E-state index contributed by atoms with van der Waals surface area (Å²) in [6, 6.07) is 9.37. The molecule has 0 spiro atoms. The Bertz CT molecular complexity index is 493. The lowest BCUT2D eigenvalue weighted by molar-refractivity contribution is 0.0950. The first-order valence-corrected chi connectivity index (χ1v) is 5.30. The average molecular weight is 231 g/mol. The molecule has 0 aliphatic carbocycles. The van der Waals surface area contributed by atoms with Crippen LogP contribution in [0, 0.1) is 0 Å². The molecule has 17 heavy (non-hydrogen) atoms. The lowest BCUT2D eigenvalue weighted by atomic mass is 10.1. The Morgan fingerprint density at radius 1 is 1.35 bits per heavy atom. The Kier molecular flexibility index (Phi) is 3.52. The molecule has 5 heteroatoms. The summed E-state index contributed by atoms with van der Waals surface area (Å²) in [6.45, 7) is 0.810. The Balaban J connectivity index is 2.26. The molecular formula is C12H13N3O2. The number of hydrogen-bond acceptors (Lipinski definition) is 4. The van der Waals surface area contributed by atoms with Gasteiger partial charge in [-0.2, -0.15) is 0 Å². The standard InChI is InChI=1S/C12H13N3O2/c13-6-7-14-12(16)10-11(17-8-15-10)9-4-2-1-3-5-9/h1-5,8H,6-7,13H2,(H,14,16). The summed E-state index contributed by atoms with van der Waals surface area (Å²) in [7, 11) is 0. The van der Waals surface area contributed by atoms with Gasteiger partial charge in [0.1, 0.15) is 0 Å². The summed E-state index contributed by atoms with van der Waals surface area (Å²) in [4.78, 5) is 15.7. The van der Waals surface area contributed by atoms with Crippen molar-refractivity contribution in [3.05, 3.63) is 42.4 Å². The number of carbonyl (C=O) groups excluding carboxylic acids is 1. The van der Waals surface area contributed by atoms with Gasteiger partial charge in [-0.05, 0) is 0 Å². The first-order chi connectivity index (χ1) is 8.33. The summed E-state index contributed by atoms with van der Waals surface area (Å²) in [5.41, 5.74) is 6.43. The molecule has 1 aromatic carbocycles. The number of carbonyl (C=O) groups is 1. The number of aromatic nitrogens is 1. The zero-order chi connectivity index (χ0) is 12.1. The molecule has 1 aromatic heterocycles. The fraction of sp³-hybridized carbons (Fsp3) is 0.167. The van der Waals surface area contributed by atoms with Gasteiger partial charge < -0.3 is 15.5 Å². The normalized spacial score (nSPS) is 10.2. The summed E-state index contributed by atoms with van der Waals surface area (Å²) in [6.07, 6.45) is 1.26. The third-order valence-corrected chi connectivity index (χ3v) is 2.25. The minimum Gasteiger partial charge on any atom is -0.443 e. The topological polar surface area (TPSA) is 81.1 Å². The van der Waals surface area contributed by atoms with Gasteiger partial charge in [-0.15, -0.1) is 0 Å². The molecular weight excluding hydrogens is 218 g/mol. The highest BCUT2D eigenvalue weighted by atomic mass is 16.3. The Morgan fingerprint density at radius 3 is 2.82 bits per heavy atom. The van der Waals surface area contributed by atoms with E-state index < -0.39 is 0 Å². The number of nitrogens with zero attached hydrogens (tertiary/aromatic N) is 1. The molecule has 0 saturated carbocycles. The van der Waals surface area contributed by atoms with Gasteiger partial charge in [-0.1, -0.05) is 30.3 Å². The SMILES string of the molecule is NCCNC(=O)c1ncoc1-c1ccccc1. The van der Waals surface area contributed by atoms with Crippen molar-refractivity contribution in [3.8, 4) is 11.3 Å². The molecule has 5 nitrogen and oxygen atoms in total. The van der Waals surface area contributed by atoms with Crippen LogP contribution < -0.4 is 11.1 Å². The van der Waals surface area contributed by atoms with Crippen molar-refractivity contribution < 1.29 is 9.21 Å². The molecule has 3 N–H and O–H groups in total. The van der Waals surface area contributed by atoms with Gasteiger partial charge in [0.2, 0.25) is 0 Å². The van der Waals surface area contributed by atoms with Crippen molar-refractivity contribution in [1.29, 1.82) is 0 Å². The van der Waals surface area contributed by atoms with Gasteiger partial charge >= 0.3 is 0 Å². The number of rotatable bonds is 4. The van der Waals surface area contributed by atoms with Gasteiger partial charge in [0.15, 0.2) is 17.8 Å². The van der Waals surface area contributed by atoms with Crippen molar-refractivity contribution in [3.63, 3.8) is 0 Å². The van der Waals surface area contributed by atoms with Crippen LogP contribution in [0.1, 0.15) is 10.5 Å². The quantitative estimate of drug-likeness (QED) is 0.823. The predicted octanol–water partition coefficient (Wildman–Crippen LogP) is 1.03. The molecule has 0 atom stereocenters. The second kappa shape index (κ2) is 5.27. The van der Waals surface area contributed by atoms with Gasteiger partial charge in [0, 0.05) is 18.7 Å². The van der Waals surface area contributed by atoms with Crippen LogP contribution in [0.15, 0.2) is 41.1 Å². The summed E-state index contributed by atoms with van der Waals surface area (Å²) < 4.78 is 5.25. The predicted molar refractivity (Wildman–Crippen MR) is 63.3 cm³/mol. The lowest BCUT2D eigenvalue weighted by Gasteiger charge is -2.02. The Morgan fingerprint density at radius 2 is 2.12 bits per heavy atom. The van der Waals surface area contributed by atoms with E-state index >= 15 is 0 Å². The fourth-order valence-electron chi connectivity index (χ4n) is 1.47.